The fraction of sp³-hybridized carbons (Fsp3) is 0.412. The third kappa shape index (κ3) is 3.20. The minimum Gasteiger partial charge on any atom is -0.369 e. The minimum absolute atomic E-state index is 0.789. The predicted octanol–water partition coefficient (Wildman–Crippen LogP) is 2.45. The van der Waals surface area contributed by atoms with Crippen LogP contribution in [-0.2, 0) is 6.42 Å². The van der Waals surface area contributed by atoms with Gasteiger partial charge in [-0.15, -0.1) is 0 Å². The van der Waals surface area contributed by atoms with Crippen molar-refractivity contribution in [3.8, 4) is 0 Å². The summed E-state index contributed by atoms with van der Waals surface area (Å²) in [5.74, 6) is 1.69. The molecular weight excluding hydrogens is 274 g/mol. The number of aromatic nitrogens is 2. The molecule has 0 spiro atoms. The zero-order valence-corrected chi connectivity index (χ0v) is 13.5. The van der Waals surface area contributed by atoms with E-state index in [-0.39, 0.29) is 0 Å². The molecule has 0 atom stereocenters. The molecule has 22 heavy (non-hydrogen) atoms. The molecule has 0 saturated carbocycles. The quantitative estimate of drug-likeness (QED) is 0.918. The first-order valence-corrected chi connectivity index (χ1v) is 7.73. The second kappa shape index (κ2) is 6.32. The maximum absolute atomic E-state index is 4.70. The molecular formula is C17H23N5. The lowest BCUT2D eigenvalue weighted by atomic mass is 10.2. The molecule has 1 aromatic carbocycles. The van der Waals surface area contributed by atoms with Crippen molar-refractivity contribution < 1.29 is 0 Å². The van der Waals surface area contributed by atoms with E-state index < -0.39 is 0 Å². The molecule has 0 bridgehead atoms. The second-order valence-electron chi connectivity index (χ2n) is 5.95. The Hall–Kier alpha value is -2.14. The number of hydrogen-bond acceptors (Lipinski definition) is 5. The number of nitrogens with zero attached hydrogens (tertiary/aromatic N) is 4. The van der Waals surface area contributed by atoms with Crippen LogP contribution in [0.3, 0.4) is 0 Å². The van der Waals surface area contributed by atoms with Crippen molar-refractivity contribution in [2.75, 3.05) is 43.9 Å². The highest BCUT2D eigenvalue weighted by Gasteiger charge is 2.22. The van der Waals surface area contributed by atoms with Crippen LogP contribution in [-0.4, -0.2) is 48.6 Å². The summed E-state index contributed by atoms with van der Waals surface area (Å²) in [6.07, 6.45) is 1.05. The zero-order valence-electron chi connectivity index (χ0n) is 13.5. The van der Waals surface area contributed by atoms with Crippen LogP contribution in [0.25, 0.3) is 0 Å². The van der Waals surface area contributed by atoms with E-state index in [1.165, 1.54) is 11.3 Å². The lowest BCUT2D eigenvalue weighted by Gasteiger charge is -2.19. The molecule has 1 aromatic heterocycles. The van der Waals surface area contributed by atoms with Crippen LogP contribution >= 0.6 is 0 Å². The van der Waals surface area contributed by atoms with E-state index in [0.29, 0.717) is 0 Å². The summed E-state index contributed by atoms with van der Waals surface area (Å²) in [5.41, 5.74) is 3.59. The van der Waals surface area contributed by atoms with E-state index in [4.69, 9.17) is 4.98 Å². The molecule has 1 aliphatic heterocycles. The Labute approximate surface area is 132 Å². The fourth-order valence-electron chi connectivity index (χ4n) is 2.72. The lowest BCUT2D eigenvalue weighted by molar-refractivity contribution is 0.425. The smallest absolute Gasteiger partial charge is 0.232 e. The molecule has 0 aliphatic carbocycles. The van der Waals surface area contributed by atoms with Crippen LogP contribution in [0.4, 0.5) is 17.5 Å². The molecule has 1 N–H and O–H groups in total. The fourth-order valence-corrected chi connectivity index (χ4v) is 2.72. The summed E-state index contributed by atoms with van der Waals surface area (Å²) in [6, 6.07) is 10.5. The summed E-state index contributed by atoms with van der Waals surface area (Å²) in [7, 11) is 4.14. The largest absolute Gasteiger partial charge is 0.369 e. The van der Waals surface area contributed by atoms with Gasteiger partial charge in [0.2, 0.25) is 5.95 Å². The molecule has 0 saturated heterocycles. The molecule has 0 amide bonds. The SMILES string of the molecule is Cc1cc(NCCN(C)C)nc(N2CCc3ccccc32)n1. The van der Waals surface area contributed by atoms with E-state index in [1.54, 1.807) is 0 Å². The molecule has 0 radical (unpaired) electrons. The molecule has 1 aliphatic rings. The third-order valence-corrected chi connectivity index (χ3v) is 3.84. The van der Waals surface area contributed by atoms with Gasteiger partial charge in [-0.2, -0.15) is 4.98 Å². The number of hydrogen-bond donors (Lipinski definition) is 1. The maximum Gasteiger partial charge on any atom is 0.232 e. The average molecular weight is 297 g/mol. The van der Waals surface area contributed by atoms with Crippen molar-refractivity contribution >= 4 is 17.5 Å². The van der Waals surface area contributed by atoms with Gasteiger partial charge in [0.25, 0.3) is 0 Å². The molecule has 3 rings (SSSR count). The zero-order chi connectivity index (χ0) is 15.5. The topological polar surface area (TPSA) is 44.3 Å². The van der Waals surface area contributed by atoms with Crippen LogP contribution < -0.4 is 10.2 Å². The van der Waals surface area contributed by atoms with Crippen LogP contribution in [0.5, 0.6) is 0 Å². The van der Waals surface area contributed by atoms with Crippen LogP contribution in [0.1, 0.15) is 11.3 Å². The molecule has 0 unspecified atom stereocenters. The first kappa shape index (κ1) is 14.8. The summed E-state index contributed by atoms with van der Waals surface area (Å²) in [6.45, 7) is 4.81. The predicted molar refractivity (Wildman–Crippen MR) is 91.0 cm³/mol. The van der Waals surface area contributed by atoms with Gasteiger partial charge in [0.1, 0.15) is 5.82 Å². The Kier molecular flexibility index (Phi) is 4.24. The summed E-state index contributed by atoms with van der Waals surface area (Å²) >= 11 is 0. The van der Waals surface area contributed by atoms with Gasteiger partial charge in [-0.1, -0.05) is 18.2 Å². The molecule has 0 fully saturated rings. The summed E-state index contributed by atoms with van der Waals surface area (Å²) < 4.78 is 0. The van der Waals surface area contributed by atoms with E-state index in [9.17, 15) is 0 Å². The molecule has 2 aromatic rings. The normalized spacial score (nSPS) is 13.5. The highest BCUT2D eigenvalue weighted by Crippen LogP contribution is 2.32. The average Bonchev–Trinajstić information content (AvgIpc) is 2.90. The standard InChI is InChI=1S/C17H23N5/c1-13-12-16(18-9-11-21(2)3)20-17(19-13)22-10-8-14-6-4-5-7-15(14)22/h4-7,12H,8-11H2,1-3H3,(H,18,19,20). The molecule has 5 nitrogen and oxygen atoms in total. The van der Waals surface area contributed by atoms with E-state index in [2.05, 4.69) is 58.5 Å². The number of fused-ring (bicyclic) bond motifs is 1. The van der Waals surface area contributed by atoms with Crippen molar-refractivity contribution in [3.63, 3.8) is 0 Å². The lowest BCUT2D eigenvalue weighted by Crippen LogP contribution is -2.22. The van der Waals surface area contributed by atoms with Gasteiger partial charge in [0.15, 0.2) is 0 Å². The van der Waals surface area contributed by atoms with Gasteiger partial charge in [-0.3, -0.25) is 0 Å². The van der Waals surface area contributed by atoms with Crippen LogP contribution in [0.15, 0.2) is 30.3 Å². The minimum atomic E-state index is 0.789. The number of para-hydroxylation sites is 1. The van der Waals surface area contributed by atoms with Crippen molar-refractivity contribution in [2.24, 2.45) is 0 Å². The first-order chi connectivity index (χ1) is 10.6. The van der Waals surface area contributed by atoms with Gasteiger partial charge in [-0.25, -0.2) is 4.98 Å². The number of benzene rings is 1. The maximum atomic E-state index is 4.70. The van der Waals surface area contributed by atoms with E-state index in [0.717, 1.165) is 43.5 Å². The third-order valence-electron chi connectivity index (χ3n) is 3.84. The number of anilines is 3. The number of nitrogens with one attached hydrogen (secondary N) is 1. The van der Waals surface area contributed by atoms with Gasteiger partial charge >= 0.3 is 0 Å². The Balaban J connectivity index is 1.81. The number of aryl methyl sites for hydroxylation is 1. The van der Waals surface area contributed by atoms with Gasteiger partial charge in [0.05, 0.1) is 0 Å². The van der Waals surface area contributed by atoms with Gasteiger partial charge in [0, 0.05) is 37.1 Å². The van der Waals surface area contributed by atoms with Gasteiger partial charge < -0.3 is 15.1 Å². The van der Waals surface area contributed by atoms with Crippen molar-refractivity contribution in [2.45, 2.75) is 13.3 Å². The highest BCUT2D eigenvalue weighted by molar-refractivity contribution is 5.66. The first-order valence-electron chi connectivity index (χ1n) is 7.73. The van der Waals surface area contributed by atoms with Crippen LogP contribution in [0, 0.1) is 6.92 Å². The molecule has 2 heterocycles. The van der Waals surface area contributed by atoms with Gasteiger partial charge in [-0.05, 0) is 39.1 Å². The Bertz CT molecular complexity index is 653. The summed E-state index contributed by atoms with van der Waals surface area (Å²) in [4.78, 5) is 13.7. The highest BCUT2D eigenvalue weighted by atomic mass is 15.3. The summed E-state index contributed by atoms with van der Waals surface area (Å²) in [5, 5.41) is 3.39. The Morgan fingerprint density at radius 2 is 2.05 bits per heavy atom. The number of rotatable bonds is 5. The van der Waals surface area contributed by atoms with E-state index >= 15 is 0 Å². The second-order valence-corrected chi connectivity index (χ2v) is 5.95. The van der Waals surface area contributed by atoms with Crippen molar-refractivity contribution in [1.29, 1.82) is 0 Å². The molecule has 116 valence electrons. The molecule has 5 heteroatoms. The monoisotopic (exact) mass is 297 g/mol. The van der Waals surface area contributed by atoms with Crippen LogP contribution in [0.2, 0.25) is 0 Å². The Morgan fingerprint density at radius 3 is 2.86 bits per heavy atom. The van der Waals surface area contributed by atoms with Crippen molar-refractivity contribution in [1.82, 2.24) is 14.9 Å². The number of likely N-dealkylation sites (N-methyl/N-ethyl adjacent to an activating group) is 1. The van der Waals surface area contributed by atoms with E-state index in [1.807, 2.05) is 13.0 Å². The van der Waals surface area contributed by atoms with Crippen molar-refractivity contribution in [3.05, 3.63) is 41.6 Å². The Morgan fingerprint density at radius 1 is 1.23 bits per heavy atom.